The quantitative estimate of drug-likeness (QED) is 0.852. The molecule has 27 heavy (non-hydrogen) atoms. The van der Waals surface area contributed by atoms with Crippen LogP contribution in [0.25, 0.3) is 0 Å². The predicted molar refractivity (Wildman–Crippen MR) is 105 cm³/mol. The molecule has 140 valence electrons. The molecule has 2 unspecified atom stereocenters. The molecule has 4 heterocycles. The molecule has 1 saturated heterocycles. The molecule has 4 aliphatic rings. The summed E-state index contributed by atoms with van der Waals surface area (Å²) in [5, 5.41) is 5.88. The fourth-order valence-electron chi connectivity index (χ4n) is 4.17. The van der Waals surface area contributed by atoms with Gasteiger partial charge in [-0.25, -0.2) is 5.43 Å². The molecule has 0 aliphatic carbocycles. The van der Waals surface area contributed by atoms with Crippen molar-refractivity contribution in [2.45, 2.75) is 12.2 Å². The third-order valence-corrected chi connectivity index (χ3v) is 5.52. The number of nitrogens with one attached hydrogen (secondary N) is 2. The van der Waals surface area contributed by atoms with Crippen molar-refractivity contribution >= 4 is 0 Å². The third kappa shape index (κ3) is 3.11. The number of ether oxygens (including phenoxy) is 1. The fourth-order valence-corrected chi connectivity index (χ4v) is 4.17. The molecule has 5 rings (SSSR count). The van der Waals surface area contributed by atoms with Gasteiger partial charge in [-0.3, -0.25) is 4.90 Å². The summed E-state index contributed by atoms with van der Waals surface area (Å²) in [6.07, 6.45) is 13.3. The van der Waals surface area contributed by atoms with Gasteiger partial charge in [-0.1, -0.05) is 24.3 Å². The monoisotopic (exact) mass is 363 g/mol. The van der Waals surface area contributed by atoms with Crippen LogP contribution in [0.3, 0.4) is 0 Å². The SMILES string of the molecule is COc1ccccc1C1C=C2CN(CC3=CN4C=CC=CC4N3)CCN2N1. The van der Waals surface area contributed by atoms with Crippen molar-refractivity contribution in [1.29, 1.82) is 0 Å². The zero-order chi connectivity index (χ0) is 18.2. The van der Waals surface area contributed by atoms with Gasteiger partial charge in [0.25, 0.3) is 0 Å². The molecule has 6 nitrogen and oxygen atoms in total. The Balaban J connectivity index is 1.27. The average molecular weight is 363 g/mol. The van der Waals surface area contributed by atoms with Crippen molar-refractivity contribution in [3.05, 3.63) is 77.9 Å². The summed E-state index contributed by atoms with van der Waals surface area (Å²) in [5.41, 5.74) is 7.42. The van der Waals surface area contributed by atoms with Crippen LogP contribution in [0.2, 0.25) is 0 Å². The number of para-hydroxylation sites is 1. The van der Waals surface area contributed by atoms with Crippen LogP contribution in [0.5, 0.6) is 5.75 Å². The van der Waals surface area contributed by atoms with Crippen molar-refractivity contribution in [3.8, 4) is 5.75 Å². The number of nitrogens with zero attached hydrogens (tertiary/aromatic N) is 3. The highest BCUT2D eigenvalue weighted by Crippen LogP contribution is 2.32. The minimum absolute atomic E-state index is 0.171. The molecule has 0 amide bonds. The Morgan fingerprint density at radius 3 is 3.00 bits per heavy atom. The smallest absolute Gasteiger partial charge is 0.124 e. The van der Waals surface area contributed by atoms with Crippen molar-refractivity contribution < 1.29 is 4.74 Å². The van der Waals surface area contributed by atoms with Crippen molar-refractivity contribution in [1.82, 2.24) is 25.6 Å². The van der Waals surface area contributed by atoms with Crippen LogP contribution in [0.1, 0.15) is 11.6 Å². The largest absolute Gasteiger partial charge is 0.496 e. The van der Waals surface area contributed by atoms with Crippen LogP contribution in [-0.4, -0.2) is 54.3 Å². The lowest BCUT2D eigenvalue weighted by atomic mass is 10.1. The first-order chi connectivity index (χ1) is 13.3. The number of hydrogen-bond donors (Lipinski definition) is 2. The Kier molecular flexibility index (Phi) is 4.14. The van der Waals surface area contributed by atoms with Gasteiger partial charge in [0.15, 0.2) is 0 Å². The van der Waals surface area contributed by atoms with Gasteiger partial charge in [-0.2, -0.15) is 0 Å². The number of hydrazine groups is 1. The number of rotatable bonds is 4. The molecule has 0 spiro atoms. The van der Waals surface area contributed by atoms with Crippen LogP contribution < -0.4 is 15.5 Å². The Morgan fingerprint density at radius 1 is 1.19 bits per heavy atom. The summed E-state index contributed by atoms with van der Waals surface area (Å²) in [6, 6.07) is 8.41. The minimum atomic E-state index is 0.171. The third-order valence-electron chi connectivity index (χ3n) is 5.52. The highest BCUT2D eigenvalue weighted by atomic mass is 16.5. The van der Waals surface area contributed by atoms with E-state index >= 15 is 0 Å². The molecule has 1 fully saturated rings. The van der Waals surface area contributed by atoms with Gasteiger partial charge < -0.3 is 20.0 Å². The first kappa shape index (κ1) is 16.5. The molecule has 0 saturated carbocycles. The van der Waals surface area contributed by atoms with Crippen molar-refractivity contribution in [2.75, 3.05) is 33.3 Å². The van der Waals surface area contributed by atoms with E-state index in [1.54, 1.807) is 7.11 Å². The number of allylic oxidation sites excluding steroid dienone is 2. The summed E-state index contributed by atoms with van der Waals surface area (Å²) in [4.78, 5) is 4.72. The second-order valence-corrected chi connectivity index (χ2v) is 7.29. The molecule has 1 aromatic rings. The van der Waals surface area contributed by atoms with E-state index in [-0.39, 0.29) is 12.2 Å². The Labute approximate surface area is 160 Å². The lowest BCUT2D eigenvalue weighted by molar-refractivity contribution is 0.150. The fraction of sp³-hybridized carbons (Fsp3) is 0.333. The highest BCUT2D eigenvalue weighted by molar-refractivity contribution is 5.40. The standard InChI is InChI=1S/C21H25N5O/c1-27-20-7-3-2-6-18(20)19-12-17-15-24(10-11-26(17)23-19)13-16-14-25-9-5-4-8-21(25)22-16/h2-9,12,14,19,21-23H,10-11,13,15H2,1H3. The Morgan fingerprint density at radius 2 is 2.11 bits per heavy atom. The maximum atomic E-state index is 5.54. The number of fused-ring (bicyclic) bond motifs is 2. The summed E-state index contributed by atoms with van der Waals surface area (Å²) in [6.45, 7) is 3.92. The van der Waals surface area contributed by atoms with Gasteiger partial charge in [0.05, 0.1) is 13.2 Å². The number of piperazine rings is 1. The molecule has 4 aliphatic heterocycles. The van der Waals surface area contributed by atoms with E-state index in [1.165, 1.54) is 17.0 Å². The molecule has 2 atom stereocenters. The van der Waals surface area contributed by atoms with E-state index in [1.807, 2.05) is 12.1 Å². The van der Waals surface area contributed by atoms with Crippen LogP contribution in [0.15, 0.2) is 72.4 Å². The van der Waals surface area contributed by atoms with Gasteiger partial charge in [-0.15, -0.1) is 0 Å². The van der Waals surface area contributed by atoms with Gasteiger partial charge in [-0.05, 0) is 24.3 Å². The average Bonchev–Trinajstić information content (AvgIpc) is 3.30. The molecule has 6 heteroatoms. The molecule has 0 bridgehead atoms. The van der Waals surface area contributed by atoms with E-state index in [9.17, 15) is 0 Å². The normalized spacial score (nSPS) is 26.4. The molecule has 0 aromatic heterocycles. The maximum Gasteiger partial charge on any atom is 0.124 e. The summed E-state index contributed by atoms with van der Waals surface area (Å²) >= 11 is 0. The molecular weight excluding hydrogens is 338 g/mol. The van der Waals surface area contributed by atoms with Gasteiger partial charge in [0.2, 0.25) is 0 Å². The summed E-state index contributed by atoms with van der Waals surface area (Å²) in [7, 11) is 1.73. The van der Waals surface area contributed by atoms with Crippen LogP contribution in [0.4, 0.5) is 0 Å². The number of methoxy groups -OCH3 is 1. The van der Waals surface area contributed by atoms with Crippen molar-refractivity contribution in [3.63, 3.8) is 0 Å². The predicted octanol–water partition coefficient (Wildman–Crippen LogP) is 1.91. The van der Waals surface area contributed by atoms with E-state index in [0.29, 0.717) is 0 Å². The van der Waals surface area contributed by atoms with Crippen LogP contribution >= 0.6 is 0 Å². The lowest BCUT2D eigenvalue weighted by Gasteiger charge is -2.35. The minimum Gasteiger partial charge on any atom is -0.496 e. The van der Waals surface area contributed by atoms with E-state index in [0.717, 1.165) is 31.9 Å². The second-order valence-electron chi connectivity index (χ2n) is 7.29. The molecule has 0 radical (unpaired) electrons. The molecule has 2 N–H and O–H groups in total. The Bertz CT molecular complexity index is 843. The molecule has 1 aromatic carbocycles. The second kappa shape index (κ2) is 6.79. The Hall–Kier alpha value is -2.70. The van der Waals surface area contributed by atoms with Crippen LogP contribution in [-0.2, 0) is 0 Å². The lowest BCUT2D eigenvalue weighted by Crippen LogP contribution is -2.48. The number of hydrogen-bond acceptors (Lipinski definition) is 6. The van der Waals surface area contributed by atoms with E-state index in [2.05, 4.69) is 74.4 Å². The maximum absolute atomic E-state index is 5.54. The first-order valence-corrected chi connectivity index (χ1v) is 9.49. The zero-order valence-electron chi connectivity index (χ0n) is 15.5. The first-order valence-electron chi connectivity index (χ1n) is 9.49. The highest BCUT2D eigenvalue weighted by Gasteiger charge is 2.31. The molecular formula is C21H25N5O. The van der Waals surface area contributed by atoms with Gasteiger partial charge in [0.1, 0.15) is 11.9 Å². The zero-order valence-corrected chi connectivity index (χ0v) is 15.5. The van der Waals surface area contributed by atoms with Gasteiger partial charge in [0, 0.05) is 55.5 Å². The summed E-state index contributed by atoms with van der Waals surface area (Å²) < 4.78 is 5.54. The topological polar surface area (TPSA) is 43.0 Å². The van der Waals surface area contributed by atoms with E-state index in [4.69, 9.17) is 4.74 Å². The van der Waals surface area contributed by atoms with Crippen LogP contribution in [0, 0.1) is 0 Å². The van der Waals surface area contributed by atoms with E-state index < -0.39 is 0 Å². The summed E-state index contributed by atoms with van der Waals surface area (Å²) in [5.74, 6) is 0.932. The number of benzene rings is 1. The van der Waals surface area contributed by atoms with Crippen molar-refractivity contribution in [2.24, 2.45) is 0 Å². The van der Waals surface area contributed by atoms with Gasteiger partial charge >= 0.3 is 0 Å².